The molecular weight excluding hydrogens is 308 g/mol. The zero-order valence-corrected chi connectivity index (χ0v) is 12.0. The van der Waals surface area contributed by atoms with Crippen molar-refractivity contribution in [3.05, 3.63) is 14.5 Å². The lowest BCUT2D eigenvalue weighted by molar-refractivity contribution is -0.140. The standard InChI is InChI=1S/C10H13BrN2O3S/c1-6-8(11)17-10(13-6)9(15)12-5-3-4-7(14)16-2/h3-5H2,1-2H3,(H,12,15). The summed E-state index contributed by atoms with van der Waals surface area (Å²) in [7, 11) is 1.34. The predicted molar refractivity (Wildman–Crippen MR) is 68.1 cm³/mol. The summed E-state index contributed by atoms with van der Waals surface area (Å²) in [5.41, 5.74) is 0.801. The molecule has 0 bridgehead atoms. The molecule has 0 spiro atoms. The van der Waals surface area contributed by atoms with Crippen molar-refractivity contribution in [2.75, 3.05) is 13.7 Å². The van der Waals surface area contributed by atoms with Crippen molar-refractivity contribution in [1.29, 1.82) is 0 Å². The lowest BCUT2D eigenvalue weighted by Crippen LogP contribution is -2.24. The number of amides is 1. The average Bonchev–Trinajstić information content (AvgIpc) is 2.64. The molecule has 0 saturated heterocycles. The van der Waals surface area contributed by atoms with Crippen LogP contribution in [-0.4, -0.2) is 30.5 Å². The maximum absolute atomic E-state index is 11.6. The molecule has 94 valence electrons. The zero-order chi connectivity index (χ0) is 12.8. The van der Waals surface area contributed by atoms with E-state index in [0.29, 0.717) is 24.4 Å². The summed E-state index contributed by atoms with van der Waals surface area (Å²) in [6.45, 7) is 2.26. The van der Waals surface area contributed by atoms with Gasteiger partial charge in [-0.3, -0.25) is 9.59 Å². The van der Waals surface area contributed by atoms with E-state index in [0.717, 1.165) is 9.48 Å². The van der Waals surface area contributed by atoms with E-state index in [1.54, 1.807) is 0 Å². The van der Waals surface area contributed by atoms with E-state index in [4.69, 9.17) is 0 Å². The molecule has 0 saturated carbocycles. The minimum Gasteiger partial charge on any atom is -0.469 e. The van der Waals surface area contributed by atoms with Gasteiger partial charge in [0, 0.05) is 13.0 Å². The van der Waals surface area contributed by atoms with Gasteiger partial charge < -0.3 is 10.1 Å². The molecular formula is C10H13BrN2O3S. The molecule has 0 aliphatic heterocycles. The molecule has 1 N–H and O–H groups in total. The van der Waals surface area contributed by atoms with Gasteiger partial charge in [-0.2, -0.15) is 0 Å². The number of ether oxygens (including phenoxy) is 1. The number of carbonyl (C=O) groups excluding carboxylic acids is 2. The highest BCUT2D eigenvalue weighted by Crippen LogP contribution is 2.23. The third-order valence-electron chi connectivity index (χ3n) is 2.01. The maximum atomic E-state index is 11.6. The molecule has 1 aromatic rings. The molecule has 1 heterocycles. The smallest absolute Gasteiger partial charge is 0.305 e. The molecule has 17 heavy (non-hydrogen) atoms. The Hall–Kier alpha value is -0.950. The number of aromatic nitrogens is 1. The van der Waals surface area contributed by atoms with Crippen molar-refractivity contribution in [3.63, 3.8) is 0 Å². The van der Waals surface area contributed by atoms with Crippen LogP contribution in [0, 0.1) is 6.92 Å². The summed E-state index contributed by atoms with van der Waals surface area (Å²) in [6, 6.07) is 0. The van der Waals surface area contributed by atoms with E-state index in [1.807, 2.05) is 6.92 Å². The molecule has 1 aromatic heterocycles. The minimum absolute atomic E-state index is 0.214. The van der Waals surface area contributed by atoms with Crippen LogP contribution >= 0.6 is 27.3 Å². The quantitative estimate of drug-likeness (QED) is 0.664. The number of thiazole rings is 1. The van der Waals surface area contributed by atoms with Crippen LogP contribution in [-0.2, 0) is 9.53 Å². The highest BCUT2D eigenvalue weighted by molar-refractivity contribution is 9.11. The third-order valence-corrected chi connectivity index (χ3v) is 4.01. The molecule has 0 fully saturated rings. The summed E-state index contributed by atoms with van der Waals surface area (Å²) < 4.78 is 5.35. The van der Waals surface area contributed by atoms with E-state index in [2.05, 4.69) is 31.0 Å². The summed E-state index contributed by atoms with van der Waals surface area (Å²) >= 11 is 4.60. The highest BCUT2D eigenvalue weighted by atomic mass is 79.9. The summed E-state index contributed by atoms with van der Waals surface area (Å²) in [5, 5.41) is 3.12. The Morgan fingerprint density at radius 2 is 2.24 bits per heavy atom. The molecule has 0 unspecified atom stereocenters. The SMILES string of the molecule is COC(=O)CCCNC(=O)c1nc(C)c(Br)s1. The average molecular weight is 321 g/mol. The first-order valence-corrected chi connectivity index (χ1v) is 6.63. The second-order valence-electron chi connectivity index (χ2n) is 3.31. The summed E-state index contributed by atoms with van der Waals surface area (Å²) in [5.74, 6) is -0.485. The number of carbonyl (C=O) groups is 2. The van der Waals surface area contributed by atoms with Gasteiger partial charge in [0.1, 0.15) is 0 Å². The van der Waals surface area contributed by atoms with Gasteiger partial charge in [0.25, 0.3) is 5.91 Å². The molecule has 5 nitrogen and oxygen atoms in total. The number of methoxy groups -OCH3 is 1. The van der Waals surface area contributed by atoms with Crippen molar-refractivity contribution >= 4 is 39.1 Å². The van der Waals surface area contributed by atoms with Crippen LogP contribution in [0.4, 0.5) is 0 Å². The third kappa shape index (κ3) is 4.43. The van der Waals surface area contributed by atoms with Gasteiger partial charge in [0.2, 0.25) is 0 Å². The minimum atomic E-state index is -0.271. The molecule has 1 amide bonds. The molecule has 0 aromatic carbocycles. The summed E-state index contributed by atoms with van der Waals surface area (Å²) in [6.07, 6.45) is 0.862. The Labute approximate surface area is 112 Å². The monoisotopic (exact) mass is 320 g/mol. The van der Waals surface area contributed by atoms with Crippen molar-refractivity contribution in [3.8, 4) is 0 Å². The van der Waals surface area contributed by atoms with Crippen LogP contribution < -0.4 is 5.32 Å². The van der Waals surface area contributed by atoms with Crippen LogP contribution in [0.2, 0.25) is 0 Å². The van der Waals surface area contributed by atoms with Gasteiger partial charge in [-0.1, -0.05) is 0 Å². The fourth-order valence-corrected chi connectivity index (χ4v) is 2.35. The number of nitrogens with one attached hydrogen (secondary N) is 1. The van der Waals surface area contributed by atoms with Crippen LogP contribution in [0.3, 0.4) is 0 Å². The largest absolute Gasteiger partial charge is 0.469 e. The Kier molecular flexibility index (Phi) is 5.57. The number of esters is 1. The second-order valence-corrected chi connectivity index (χ2v) is 5.63. The molecule has 0 atom stereocenters. The van der Waals surface area contributed by atoms with Gasteiger partial charge in [0.05, 0.1) is 16.6 Å². The van der Waals surface area contributed by atoms with E-state index < -0.39 is 0 Å². The van der Waals surface area contributed by atoms with Crippen molar-refractivity contribution in [2.45, 2.75) is 19.8 Å². The normalized spacial score (nSPS) is 10.1. The number of rotatable bonds is 5. The van der Waals surface area contributed by atoms with Crippen LogP contribution in [0.1, 0.15) is 28.3 Å². The van der Waals surface area contributed by atoms with E-state index in [-0.39, 0.29) is 11.9 Å². The van der Waals surface area contributed by atoms with E-state index >= 15 is 0 Å². The summed E-state index contributed by atoms with van der Waals surface area (Å²) in [4.78, 5) is 26.6. The fourth-order valence-electron chi connectivity index (χ4n) is 1.09. The molecule has 0 aliphatic rings. The van der Waals surface area contributed by atoms with Crippen LogP contribution in [0.25, 0.3) is 0 Å². The lowest BCUT2D eigenvalue weighted by atomic mass is 10.3. The van der Waals surface area contributed by atoms with Crippen LogP contribution in [0.15, 0.2) is 3.79 Å². The Morgan fingerprint density at radius 1 is 1.53 bits per heavy atom. The van der Waals surface area contributed by atoms with Crippen LogP contribution in [0.5, 0.6) is 0 Å². The number of hydrogen-bond donors (Lipinski definition) is 1. The van der Waals surface area contributed by atoms with Crippen molar-refractivity contribution in [1.82, 2.24) is 10.3 Å². The predicted octanol–water partition coefficient (Wildman–Crippen LogP) is 1.90. The van der Waals surface area contributed by atoms with Gasteiger partial charge in [0.15, 0.2) is 5.01 Å². The van der Waals surface area contributed by atoms with E-state index in [1.165, 1.54) is 18.4 Å². The molecule has 0 radical (unpaired) electrons. The first-order valence-electron chi connectivity index (χ1n) is 5.02. The Morgan fingerprint density at radius 3 is 2.76 bits per heavy atom. The van der Waals surface area contributed by atoms with Gasteiger partial charge in [-0.15, -0.1) is 11.3 Å². The number of nitrogens with zero attached hydrogens (tertiary/aromatic N) is 1. The lowest BCUT2D eigenvalue weighted by Gasteiger charge is -2.01. The topological polar surface area (TPSA) is 68.3 Å². The van der Waals surface area contributed by atoms with Gasteiger partial charge in [-0.25, -0.2) is 4.98 Å². The number of halogens is 1. The first kappa shape index (κ1) is 14.1. The number of aryl methyl sites for hydroxylation is 1. The highest BCUT2D eigenvalue weighted by Gasteiger charge is 2.12. The van der Waals surface area contributed by atoms with Gasteiger partial charge in [-0.05, 0) is 29.3 Å². The van der Waals surface area contributed by atoms with E-state index in [9.17, 15) is 9.59 Å². The Balaban J connectivity index is 2.33. The Bertz CT molecular complexity index is 400. The number of hydrogen-bond acceptors (Lipinski definition) is 5. The van der Waals surface area contributed by atoms with Crippen molar-refractivity contribution < 1.29 is 14.3 Å². The molecule has 1 rings (SSSR count). The van der Waals surface area contributed by atoms with Gasteiger partial charge >= 0.3 is 5.97 Å². The molecule has 7 heteroatoms. The van der Waals surface area contributed by atoms with Crippen molar-refractivity contribution in [2.24, 2.45) is 0 Å². The first-order chi connectivity index (χ1) is 8.04. The maximum Gasteiger partial charge on any atom is 0.305 e. The zero-order valence-electron chi connectivity index (χ0n) is 9.58. The second kappa shape index (κ2) is 6.70. The fraction of sp³-hybridized carbons (Fsp3) is 0.500. The molecule has 0 aliphatic carbocycles.